The van der Waals surface area contributed by atoms with Crippen molar-refractivity contribution in [3.63, 3.8) is 0 Å². The number of benzene rings is 3. The Balaban J connectivity index is 1.36. The standard InChI is InChI=1S/C31H35N7O2/c1-23-21-37(24(2)20-36(23)22-25-7-4-3-5-8-25)30(28-9-6-10-29(39)19-28)26-11-13-27(14-12-26)31-33-35-38(34-31)16-18-40-17-15-32/h3-14,19,23-24,30,39H,16-18,20-22H2,1-2H3/t23-,24+,30-/m1/s1. The number of phenols is 1. The lowest BCUT2D eigenvalue weighted by molar-refractivity contribution is 0.0195. The fourth-order valence-corrected chi connectivity index (χ4v) is 5.43. The third kappa shape index (κ3) is 6.54. The first-order valence-corrected chi connectivity index (χ1v) is 13.7. The number of tetrazole rings is 1. The maximum atomic E-state index is 10.3. The van der Waals surface area contributed by atoms with Crippen LogP contribution in [0.1, 0.15) is 36.6 Å². The van der Waals surface area contributed by atoms with E-state index in [1.165, 1.54) is 10.4 Å². The zero-order valence-electron chi connectivity index (χ0n) is 23.0. The Morgan fingerprint density at radius 3 is 2.52 bits per heavy atom. The number of hydrogen-bond donors (Lipinski definition) is 1. The molecular formula is C31H35N7O2. The van der Waals surface area contributed by atoms with Crippen molar-refractivity contribution in [1.82, 2.24) is 30.0 Å². The Morgan fingerprint density at radius 1 is 0.975 bits per heavy atom. The van der Waals surface area contributed by atoms with Crippen molar-refractivity contribution in [3.05, 3.63) is 95.6 Å². The minimum atomic E-state index is -0.0154. The van der Waals surface area contributed by atoms with Crippen molar-refractivity contribution < 1.29 is 9.84 Å². The molecule has 9 heteroatoms. The van der Waals surface area contributed by atoms with E-state index in [4.69, 9.17) is 10.00 Å². The van der Waals surface area contributed by atoms with Gasteiger partial charge in [0, 0.05) is 37.3 Å². The number of aromatic hydroxyl groups is 1. The van der Waals surface area contributed by atoms with Gasteiger partial charge in [-0.2, -0.15) is 10.1 Å². The highest BCUT2D eigenvalue weighted by Crippen LogP contribution is 2.35. The molecule has 3 atom stereocenters. The molecule has 0 saturated carbocycles. The van der Waals surface area contributed by atoms with Crippen LogP contribution in [0, 0.1) is 11.3 Å². The highest BCUT2D eigenvalue weighted by atomic mass is 16.5. The van der Waals surface area contributed by atoms with E-state index < -0.39 is 0 Å². The van der Waals surface area contributed by atoms with Crippen molar-refractivity contribution >= 4 is 0 Å². The summed E-state index contributed by atoms with van der Waals surface area (Å²) in [6.07, 6.45) is 0. The summed E-state index contributed by atoms with van der Waals surface area (Å²) in [6, 6.07) is 29.1. The van der Waals surface area contributed by atoms with Crippen molar-refractivity contribution in [3.8, 4) is 23.2 Å². The smallest absolute Gasteiger partial charge is 0.204 e. The summed E-state index contributed by atoms with van der Waals surface area (Å²) in [5.74, 6) is 0.805. The molecule has 1 fully saturated rings. The number of nitrogens with zero attached hydrogens (tertiary/aromatic N) is 7. The normalized spacial score (nSPS) is 18.8. The van der Waals surface area contributed by atoms with Gasteiger partial charge in [0.05, 0.1) is 25.3 Å². The molecule has 0 radical (unpaired) electrons. The third-order valence-electron chi connectivity index (χ3n) is 7.45. The lowest BCUT2D eigenvalue weighted by atomic mass is 9.92. The summed E-state index contributed by atoms with van der Waals surface area (Å²) in [7, 11) is 0. The van der Waals surface area contributed by atoms with Crippen molar-refractivity contribution in [2.75, 3.05) is 26.3 Å². The summed E-state index contributed by atoms with van der Waals surface area (Å²) in [5, 5.41) is 31.7. The van der Waals surface area contributed by atoms with E-state index in [9.17, 15) is 5.11 Å². The lowest BCUT2D eigenvalue weighted by Crippen LogP contribution is -2.56. The molecule has 0 amide bonds. The minimum Gasteiger partial charge on any atom is -0.508 e. The number of piperazine rings is 1. The van der Waals surface area contributed by atoms with Crippen LogP contribution in [0.2, 0.25) is 0 Å². The molecule has 206 valence electrons. The van der Waals surface area contributed by atoms with Gasteiger partial charge in [0.2, 0.25) is 5.82 Å². The molecule has 0 aliphatic carbocycles. The maximum Gasteiger partial charge on any atom is 0.204 e. The molecule has 9 nitrogen and oxygen atoms in total. The predicted octanol–water partition coefficient (Wildman–Crippen LogP) is 4.27. The summed E-state index contributed by atoms with van der Waals surface area (Å²) >= 11 is 0. The third-order valence-corrected chi connectivity index (χ3v) is 7.45. The minimum absolute atomic E-state index is 0.0154. The van der Waals surface area contributed by atoms with Crippen molar-refractivity contribution in [1.29, 1.82) is 5.26 Å². The highest BCUT2D eigenvalue weighted by Gasteiger charge is 2.35. The topological polar surface area (TPSA) is 103 Å². The maximum absolute atomic E-state index is 10.3. The fourth-order valence-electron chi connectivity index (χ4n) is 5.43. The zero-order chi connectivity index (χ0) is 27.9. The van der Waals surface area contributed by atoms with E-state index >= 15 is 0 Å². The molecular weight excluding hydrogens is 502 g/mol. The van der Waals surface area contributed by atoms with Crippen LogP contribution in [0.15, 0.2) is 78.9 Å². The molecule has 1 N–H and O–H groups in total. The van der Waals surface area contributed by atoms with E-state index in [2.05, 4.69) is 87.6 Å². The number of aromatic nitrogens is 4. The van der Waals surface area contributed by atoms with Crippen LogP contribution in [0.25, 0.3) is 11.4 Å². The number of hydrogen-bond acceptors (Lipinski definition) is 8. The van der Waals surface area contributed by atoms with Gasteiger partial charge in [-0.25, -0.2) is 0 Å². The second-order valence-electron chi connectivity index (χ2n) is 10.3. The molecule has 3 aromatic carbocycles. The molecule has 4 aromatic rings. The first kappa shape index (κ1) is 27.5. The monoisotopic (exact) mass is 537 g/mol. The molecule has 0 unspecified atom stereocenters. The van der Waals surface area contributed by atoms with Crippen molar-refractivity contribution in [2.45, 2.75) is 45.1 Å². The van der Waals surface area contributed by atoms with Gasteiger partial charge in [0.1, 0.15) is 12.4 Å². The Labute approximate surface area is 235 Å². The second-order valence-corrected chi connectivity index (χ2v) is 10.3. The van der Waals surface area contributed by atoms with Crippen molar-refractivity contribution in [2.24, 2.45) is 0 Å². The van der Waals surface area contributed by atoms with Crippen LogP contribution < -0.4 is 0 Å². The first-order chi connectivity index (χ1) is 19.5. The average molecular weight is 538 g/mol. The van der Waals surface area contributed by atoms with Gasteiger partial charge in [0.15, 0.2) is 0 Å². The van der Waals surface area contributed by atoms with E-state index in [0.717, 1.165) is 36.3 Å². The fraction of sp³-hybridized carbons (Fsp3) is 0.355. The Bertz CT molecular complexity index is 1420. The molecule has 0 bridgehead atoms. The van der Waals surface area contributed by atoms with Gasteiger partial charge in [-0.1, -0.05) is 66.7 Å². The Hall–Kier alpha value is -4.10. The van der Waals surface area contributed by atoms with Gasteiger partial charge in [-0.05, 0) is 47.9 Å². The first-order valence-electron chi connectivity index (χ1n) is 13.7. The molecule has 2 heterocycles. The lowest BCUT2D eigenvalue weighted by Gasteiger charge is -2.47. The van der Waals surface area contributed by atoms with Gasteiger partial charge in [-0.15, -0.1) is 10.2 Å². The van der Waals surface area contributed by atoms with Gasteiger partial charge < -0.3 is 9.84 Å². The van der Waals surface area contributed by atoms with Crippen LogP contribution in [0.5, 0.6) is 5.75 Å². The molecule has 1 aromatic heterocycles. The number of ether oxygens (including phenoxy) is 1. The van der Waals surface area contributed by atoms with E-state index in [-0.39, 0.29) is 18.4 Å². The summed E-state index contributed by atoms with van der Waals surface area (Å²) in [6.45, 7) is 8.20. The molecule has 1 saturated heterocycles. The molecule has 0 spiro atoms. The largest absolute Gasteiger partial charge is 0.508 e. The summed E-state index contributed by atoms with van der Waals surface area (Å²) < 4.78 is 5.19. The van der Waals surface area contributed by atoms with Crippen LogP contribution in [-0.4, -0.2) is 73.5 Å². The highest BCUT2D eigenvalue weighted by molar-refractivity contribution is 5.55. The Morgan fingerprint density at radius 2 is 1.77 bits per heavy atom. The molecule has 1 aliphatic rings. The summed E-state index contributed by atoms with van der Waals surface area (Å²) in [5.41, 5.74) is 4.40. The average Bonchev–Trinajstić information content (AvgIpc) is 3.44. The van der Waals surface area contributed by atoms with Crippen LogP contribution in [0.3, 0.4) is 0 Å². The van der Waals surface area contributed by atoms with Crippen LogP contribution in [0.4, 0.5) is 0 Å². The molecule has 40 heavy (non-hydrogen) atoms. The summed E-state index contributed by atoms with van der Waals surface area (Å²) in [4.78, 5) is 6.58. The van der Waals surface area contributed by atoms with Crippen LogP contribution in [-0.2, 0) is 17.8 Å². The second kappa shape index (κ2) is 12.8. The van der Waals surface area contributed by atoms with Gasteiger partial charge in [0.25, 0.3) is 0 Å². The number of phenolic OH excluding ortho intramolecular Hbond substituents is 1. The van der Waals surface area contributed by atoms with Crippen LogP contribution >= 0.6 is 0 Å². The van der Waals surface area contributed by atoms with Gasteiger partial charge >= 0.3 is 0 Å². The van der Waals surface area contributed by atoms with Gasteiger partial charge in [-0.3, -0.25) is 9.80 Å². The van der Waals surface area contributed by atoms with E-state index in [1.54, 1.807) is 6.07 Å². The van der Waals surface area contributed by atoms with E-state index in [1.807, 2.05) is 30.3 Å². The number of rotatable bonds is 10. The SMILES string of the molecule is C[C@@H]1CN([C@H](c2ccc(-c3nnn(CCOCC#N)n3)cc2)c2cccc(O)c2)[C@@H](C)CN1Cc1ccccc1. The predicted molar refractivity (Wildman–Crippen MR) is 152 cm³/mol. The molecule has 1 aliphatic heterocycles. The van der Waals surface area contributed by atoms with E-state index in [0.29, 0.717) is 31.1 Å². The number of nitriles is 1. The quantitative estimate of drug-likeness (QED) is 0.299. The molecule has 5 rings (SSSR count). The Kier molecular flexibility index (Phi) is 8.81. The zero-order valence-corrected chi connectivity index (χ0v) is 23.0.